The van der Waals surface area contributed by atoms with Gasteiger partial charge in [0.15, 0.2) is 0 Å². The van der Waals surface area contributed by atoms with Gasteiger partial charge >= 0.3 is 6.03 Å². The zero-order valence-corrected chi connectivity index (χ0v) is 15.4. The van der Waals surface area contributed by atoms with Crippen molar-refractivity contribution in [3.8, 4) is 5.75 Å². The number of hydrogen-bond donors (Lipinski definition) is 1. The smallest absolute Gasteiger partial charge is 0.317 e. The Morgan fingerprint density at radius 3 is 2.52 bits per heavy atom. The van der Waals surface area contributed by atoms with Gasteiger partial charge < -0.3 is 19.7 Å². The number of benzene rings is 1. The minimum atomic E-state index is -0.268. The van der Waals surface area contributed by atoms with Crippen LogP contribution in [0.15, 0.2) is 18.2 Å². The average Bonchev–Trinajstić information content (AvgIpc) is 2.61. The molecule has 0 spiro atoms. The number of carbonyl (C=O) groups excluding carboxylic acids is 1. The first-order valence-corrected chi connectivity index (χ1v) is 8.57. The Bertz CT molecular complexity index is 577. The van der Waals surface area contributed by atoms with Crippen molar-refractivity contribution in [2.45, 2.75) is 32.5 Å². The van der Waals surface area contributed by atoms with Crippen molar-refractivity contribution in [3.63, 3.8) is 0 Å². The summed E-state index contributed by atoms with van der Waals surface area (Å²) >= 11 is 0. The Morgan fingerprint density at radius 2 is 1.92 bits per heavy atom. The fourth-order valence-corrected chi connectivity index (χ4v) is 2.83. The minimum absolute atomic E-state index is 0.0364. The molecule has 2 atom stereocenters. The van der Waals surface area contributed by atoms with Crippen molar-refractivity contribution in [1.82, 2.24) is 15.1 Å². The number of hydrogen-bond acceptors (Lipinski definition) is 4. The fourth-order valence-electron chi connectivity index (χ4n) is 2.83. The predicted octanol–water partition coefficient (Wildman–Crippen LogP) is 2.08. The first-order chi connectivity index (χ1) is 11.9. The van der Waals surface area contributed by atoms with E-state index in [2.05, 4.69) is 10.2 Å². The van der Waals surface area contributed by atoms with E-state index in [1.54, 1.807) is 25.2 Å². The lowest BCUT2D eigenvalue weighted by Crippen LogP contribution is -2.54. The van der Waals surface area contributed by atoms with Gasteiger partial charge in [-0.3, -0.25) is 4.90 Å². The number of ether oxygens (including phenoxy) is 2. The van der Waals surface area contributed by atoms with E-state index in [0.29, 0.717) is 25.4 Å². The Labute approximate surface area is 148 Å². The summed E-state index contributed by atoms with van der Waals surface area (Å²) in [6.45, 7) is 7.21. The van der Waals surface area contributed by atoms with Gasteiger partial charge in [0.25, 0.3) is 0 Å². The van der Waals surface area contributed by atoms with Crippen LogP contribution in [0.2, 0.25) is 0 Å². The Morgan fingerprint density at radius 1 is 1.24 bits per heavy atom. The lowest BCUT2D eigenvalue weighted by atomic mass is 10.1. The molecule has 0 bridgehead atoms. The summed E-state index contributed by atoms with van der Waals surface area (Å²) in [6.07, 6.45) is -0.0364. The van der Waals surface area contributed by atoms with Crippen molar-refractivity contribution < 1.29 is 18.7 Å². The van der Waals surface area contributed by atoms with Crippen molar-refractivity contribution >= 4 is 6.03 Å². The second-order valence-electron chi connectivity index (χ2n) is 6.40. The van der Waals surface area contributed by atoms with E-state index in [9.17, 15) is 9.18 Å². The van der Waals surface area contributed by atoms with Gasteiger partial charge in [-0.05, 0) is 32.0 Å². The monoisotopic (exact) mass is 353 g/mol. The van der Waals surface area contributed by atoms with Crippen LogP contribution < -0.4 is 10.1 Å². The highest BCUT2D eigenvalue weighted by molar-refractivity contribution is 5.74. The molecule has 1 aromatic carbocycles. The number of methoxy groups -OCH3 is 2. The molecule has 1 unspecified atom stereocenters. The molecule has 1 saturated heterocycles. The van der Waals surface area contributed by atoms with Crippen LogP contribution in [0.4, 0.5) is 9.18 Å². The molecule has 1 fully saturated rings. The predicted molar refractivity (Wildman–Crippen MR) is 94.3 cm³/mol. The van der Waals surface area contributed by atoms with Gasteiger partial charge in [0.05, 0.1) is 19.3 Å². The number of rotatable bonds is 6. The fraction of sp³-hybridized carbons (Fsp3) is 0.611. The summed E-state index contributed by atoms with van der Waals surface area (Å²) in [5.41, 5.74) is 0.822. The zero-order chi connectivity index (χ0) is 18.4. The second-order valence-corrected chi connectivity index (χ2v) is 6.40. The summed E-state index contributed by atoms with van der Waals surface area (Å²) in [5, 5.41) is 2.96. The standard InChI is InChI=1S/C18H28FN3O3/c1-13(14(2)24-3)20-18(23)22-9-7-21(8-10-22)12-15-11-16(19)5-6-17(15)25-4/h5-6,11,13-14H,7-10,12H2,1-4H3,(H,20,23)/t13-,14?/m0/s1. The van der Waals surface area contributed by atoms with Crippen LogP contribution in [0.25, 0.3) is 0 Å². The van der Waals surface area contributed by atoms with Crippen LogP contribution in [0, 0.1) is 5.82 Å². The van der Waals surface area contributed by atoms with Crippen LogP contribution in [-0.4, -0.2) is 68.4 Å². The third kappa shape index (κ3) is 5.31. The molecule has 2 rings (SSSR count). The summed E-state index contributed by atoms with van der Waals surface area (Å²) in [4.78, 5) is 16.3. The molecule has 0 aliphatic carbocycles. The van der Waals surface area contributed by atoms with Gasteiger partial charge in [-0.25, -0.2) is 9.18 Å². The summed E-state index contributed by atoms with van der Waals surface area (Å²) < 4.78 is 24.0. The normalized spacial score (nSPS) is 17.9. The Hall–Kier alpha value is -1.86. The van der Waals surface area contributed by atoms with Crippen LogP contribution in [0.1, 0.15) is 19.4 Å². The lowest BCUT2D eigenvalue weighted by Gasteiger charge is -2.35. The van der Waals surface area contributed by atoms with Crippen molar-refractivity contribution in [2.75, 3.05) is 40.4 Å². The van der Waals surface area contributed by atoms with E-state index in [0.717, 1.165) is 18.7 Å². The van der Waals surface area contributed by atoms with Crippen LogP contribution >= 0.6 is 0 Å². The third-order valence-electron chi connectivity index (χ3n) is 4.72. The number of carbonyl (C=O) groups is 1. The van der Waals surface area contributed by atoms with E-state index in [-0.39, 0.29) is 24.0 Å². The molecule has 140 valence electrons. The van der Waals surface area contributed by atoms with E-state index < -0.39 is 0 Å². The van der Waals surface area contributed by atoms with E-state index in [1.165, 1.54) is 12.1 Å². The average molecular weight is 353 g/mol. The Kier molecular flexibility index (Phi) is 7.01. The molecule has 1 aliphatic rings. The number of amides is 2. The summed E-state index contributed by atoms with van der Waals surface area (Å²) in [5.74, 6) is 0.416. The molecule has 1 aromatic rings. The SMILES string of the molecule is COc1ccc(F)cc1CN1CCN(C(=O)N[C@@H](C)C(C)OC)CC1. The van der Waals surface area contributed by atoms with Crippen molar-refractivity contribution in [3.05, 3.63) is 29.6 Å². The molecule has 1 aliphatic heterocycles. The van der Waals surface area contributed by atoms with Crippen LogP contribution in [-0.2, 0) is 11.3 Å². The third-order valence-corrected chi connectivity index (χ3v) is 4.72. The molecule has 25 heavy (non-hydrogen) atoms. The van der Waals surface area contributed by atoms with Gasteiger partial charge in [-0.2, -0.15) is 0 Å². The van der Waals surface area contributed by atoms with Crippen LogP contribution in [0.3, 0.4) is 0 Å². The number of nitrogens with one attached hydrogen (secondary N) is 1. The van der Waals surface area contributed by atoms with Gasteiger partial charge in [0.1, 0.15) is 11.6 Å². The van der Waals surface area contributed by atoms with E-state index >= 15 is 0 Å². The van der Waals surface area contributed by atoms with E-state index in [4.69, 9.17) is 9.47 Å². The maximum atomic E-state index is 13.5. The zero-order valence-electron chi connectivity index (χ0n) is 15.4. The molecule has 0 saturated carbocycles. The first-order valence-electron chi connectivity index (χ1n) is 8.57. The topological polar surface area (TPSA) is 54.0 Å². The van der Waals surface area contributed by atoms with Gasteiger partial charge in [-0.15, -0.1) is 0 Å². The summed E-state index contributed by atoms with van der Waals surface area (Å²) in [7, 11) is 3.22. The number of halogens is 1. The number of urea groups is 1. The molecule has 2 amide bonds. The number of piperazine rings is 1. The molecule has 7 heteroatoms. The lowest BCUT2D eigenvalue weighted by molar-refractivity contribution is 0.0841. The largest absolute Gasteiger partial charge is 0.496 e. The molecule has 0 radical (unpaired) electrons. The minimum Gasteiger partial charge on any atom is -0.496 e. The molecule has 0 aromatic heterocycles. The highest BCUT2D eigenvalue weighted by Gasteiger charge is 2.24. The van der Waals surface area contributed by atoms with Crippen LogP contribution in [0.5, 0.6) is 5.75 Å². The molecule has 1 heterocycles. The number of nitrogens with zero attached hydrogens (tertiary/aromatic N) is 2. The van der Waals surface area contributed by atoms with Crippen molar-refractivity contribution in [1.29, 1.82) is 0 Å². The molecule has 6 nitrogen and oxygen atoms in total. The van der Waals surface area contributed by atoms with E-state index in [1.807, 2.05) is 13.8 Å². The molecule has 1 N–H and O–H groups in total. The second kappa shape index (κ2) is 9.01. The Balaban J connectivity index is 1.85. The highest BCUT2D eigenvalue weighted by Crippen LogP contribution is 2.21. The molecular weight excluding hydrogens is 325 g/mol. The molecular formula is C18H28FN3O3. The highest BCUT2D eigenvalue weighted by atomic mass is 19.1. The maximum Gasteiger partial charge on any atom is 0.317 e. The quantitative estimate of drug-likeness (QED) is 0.851. The van der Waals surface area contributed by atoms with Crippen molar-refractivity contribution in [2.24, 2.45) is 0 Å². The first kappa shape index (κ1) is 19.5. The van der Waals surface area contributed by atoms with Gasteiger partial charge in [-0.1, -0.05) is 0 Å². The van der Waals surface area contributed by atoms with Gasteiger partial charge in [0, 0.05) is 45.4 Å². The summed E-state index contributed by atoms with van der Waals surface area (Å²) in [6, 6.07) is 4.43. The maximum absolute atomic E-state index is 13.5. The van der Waals surface area contributed by atoms with Gasteiger partial charge in [0.2, 0.25) is 0 Å².